The Morgan fingerprint density at radius 3 is 2.71 bits per heavy atom. The van der Waals surface area contributed by atoms with Gasteiger partial charge in [0.15, 0.2) is 0 Å². The molecule has 2 atom stereocenters. The second-order valence-corrected chi connectivity index (χ2v) is 6.24. The van der Waals surface area contributed by atoms with E-state index in [1.165, 1.54) is 24.8 Å². The lowest BCUT2D eigenvalue weighted by molar-refractivity contribution is 0.118. The second kappa shape index (κ2) is 7.81. The van der Waals surface area contributed by atoms with Crippen LogP contribution in [0.25, 0.3) is 0 Å². The Kier molecular flexibility index (Phi) is 6.07. The predicted molar refractivity (Wildman–Crippen MR) is 88.6 cm³/mol. The van der Waals surface area contributed by atoms with Crippen LogP contribution >= 0.6 is 0 Å². The number of para-hydroxylation sites is 1. The van der Waals surface area contributed by atoms with Gasteiger partial charge in [-0.25, -0.2) is 0 Å². The summed E-state index contributed by atoms with van der Waals surface area (Å²) in [4.78, 5) is 2.61. The lowest BCUT2D eigenvalue weighted by Crippen LogP contribution is -2.40. The van der Waals surface area contributed by atoms with Gasteiger partial charge in [-0.2, -0.15) is 0 Å². The third kappa shape index (κ3) is 3.78. The Morgan fingerprint density at radius 2 is 2.05 bits per heavy atom. The minimum absolute atomic E-state index is 0.375. The Morgan fingerprint density at radius 1 is 1.29 bits per heavy atom. The molecule has 0 bridgehead atoms. The molecular weight excluding hydrogens is 260 g/mol. The zero-order valence-corrected chi connectivity index (χ0v) is 13.7. The standard InChI is InChI=1S/C18H30N2O/c1-4-21-17-11-6-5-10-16(17)18-15(13-19)9-7-8-12-20(18)14(2)3/h5-6,10-11,14-15,18H,4,7-9,12-13,19H2,1-3H3. The third-order valence-corrected chi connectivity index (χ3v) is 4.55. The molecule has 0 aliphatic carbocycles. The summed E-state index contributed by atoms with van der Waals surface area (Å²) in [7, 11) is 0. The van der Waals surface area contributed by atoms with Crippen molar-refractivity contribution in [2.45, 2.75) is 52.1 Å². The monoisotopic (exact) mass is 290 g/mol. The first kappa shape index (κ1) is 16.3. The van der Waals surface area contributed by atoms with Crippen molar-refractivity contribution in [3.8, 4) is 5.75 Å². The Bertz CT molecular complexity index is 433. The van der Waals surface area contributed by atoms with Gasteiger partial charge in [0.25, 0.3) is 0 Å². The molecule has 2 N–H and O–H groups in total. The van der Waals surface area contributed by atoms with Gasteiger partial charge < -0.3 is 10.5 Å². The topological polar surface area (TPSA) is 38.5 Å². The largest absolute Gasteiger partial charge is 0.494 e. The highest BCUT2D eigenvalue weighted by molar-refractivity contribution is 5.36. The van der Waals surface area contributed by atoms with Crippen LogP contribution in [0.3, 0.4) is 0 Å². The molecule has 1 fully saturated rings. The zero-order chi connectivity index (χ0) is 15.2. The van der Waals surface area contributed by atoms with Gasteiger partial charge in [-0.05, 0) is 58.7 Å². The Labute approximate surface area is 129 Å². The summed E-state index contributed by atoms with van der Waals surface area (Å²) in [5, 5.41) is 0. The number of likely N-dealkylation sites (tertiary alicyclic amines) is 1. The van der Waals surface area contributed by atoms with Gasteiger partial charge in [0.2, 0.25) is 0 Å². The summed E-state index contributed by atoms with van der Waals surface area (Å²) in [5.41, 5.74) is 7.43. The first-order valence-corrected chi connectivity index (χ1v) is 8.36. The van der Waals surface area contributed by atoms with Crippen LogP contribution < -0.4 is 10.5 Å². The Hall–Kier alpha value is -1.06. The maximum atomic E-state index is 6.12. The number of hydrogen-bond donors (Lipinski definition) is 1. The molecular formula is C18H30N2O. The Balaban J connectivity index is 2.42. The highest BCUT2D eigenvalue weighted by atomic mass is 16.5. The highest BCUT2D eigenvalue weighted by Gasteiger charge is 2.33. The van der Waals surface area contributed by atoms with Crippen LogP contribution in [0.2, 0.25) is 0 Å². The van der Waals surface area contributed by atoms with Crippen molar-refractivity contribution in [1.82, 2.24) is 4.90 Å². The van der Waals surface area contributed by atoms with Crippen molar-refractivity contribution in [3.63, 3.8) is 0 Å². The molecule has 3 nitrogen and oxygen atoms in total. The molecule has 118 valence electrons. The van der Waals surface area contributed by atoms with Gasteiger partial charge in [-0.1, -0.05) is 24.6 Å². The molecule has 2 unspecified atom stereocenters. The van der Waals surface area contributed by atoms with Crippen LogP contribution in [-0.2, 0) is 0 Å². The summed E-state index contributed by atoms with van der Waals surface area (Å²) >= 11 is 0. The van der Waals surface area contributed by atoms with Crippen molar-refractivity contribution in [3.05, 3.63) is 29.8 Å². The molecule has 3 heteroatoms. The van der Waals surface area contributed by atoms with Crippen LogP contribution in [-0.4, -0.2) is 30.6 Å². The van der Waals surface area contributed by atoms with E-state index in [1.807, 2.05) is 6.92 Å². The first-order chi connectivity index (χ1) is 10.2. The molecule has 0 amide bonds. The van der Waals surface area contributed by atoms with Crippen molar-refractivity contribution in [2.24, 2.45) is 11.7 Å². The van der Waals surface area contributed by atoms with E-state index < -0.39 is 0 Å². The molecule has 1 aromatic carbocycles. The summed E-state index contributed by atoms with van der Waals surface area (Å²) in [6.07, 6.45) is 3.76. The molecule has 0 aromatic heterocycles. The molecule has 21 heavy (non-hydrogen) atoms. The van der Waals surface area contributed by atoms with Gasteiger partial charge in [0, 0.05) is 17.6 Å². The number of hydrogen-bond acceptors (Lipinski definition) is 3. The predicted octanol–water partition coefficient (Wildman–Crippen LogP) is 3.60. The quantitative estimate of drug-likeness (QED) is 0.900. The second-order valence-electron chi connectivity index (χ2n) is 6.24. The normalized spacial score (nSPS) is 24.0. The van der Waals surface area contributed by atoms with Gasteiger partial charge in [0.1, 0.15) is 5.75 Å². The van der Waals surface area contributed by atoms with E-state index in [-0.39, 0.29) is 0 Å². The molecule has 0 saturated carbocycles. The number of ether oxygens (including phenoxy) is 1. The number of rotatable bonds is 5. The fourth-order valence-corrected chi connectivity index (χ4v) is 3.54. The van der Waals surface area contributed by atoms with Crippen LogP contribution in [0.5, 0.6) is 5.75 Å². The van der Waals surface area contributed by atoms with Gasteiger partial charge in [-0.3, -0.25) is 4.90 Å². The molecule has 1 aliphatic rings. The first-order valence-electron chi connectivity index (χ1n) is 8.36. The molecule has 1 heterocycles. The van der Waals surface area contributed by atoms with Crippen LogP contribution in [0, 0.1) is 5.92 Å². The van der Waals surface area contributed by atoms with Gasteiger partial charge >= 0.3 is 0 Å². The van der Waals surface area contributed by atoms with Crippen molar-refractivity contribution >= 4 is 0 Å². The highest BCUT2D eigenvalue weighted by Crippen LogP contribution is 2.39. The average molecular weight is 290 g/mol. The van der Waals surface area contributed by atoms with E-state index in [9.17, 15) is 0 Å². The van der Waals surface area contributed by atoms with Crippen molar-refractivity contribution < 1.29 is 4.74 Å². The SMILES string of the molecule is CCOc1ccccc1C1C(CN)CCCCN1C(C)C. The van der Waals surface area contributed by atoms with E-state index in [4.69, 9.17) is 10.5 Å². The smallest absolute Gasteiger partial charge is 0.124 e. The number of benzene rings is 1. The van der Waals surface area contributed by atoms with Crippen molar-refractivity contribution in [1.29, 1.82) is 0 Å². The summed E-state index contributed by atoms with van der Waals surface area (Å²) in [5.74, 6) is 1.53. The van der Waals surface area contributed by atoms with E-state index in [2.05, 4.69) is 43.0 Å². The number of nitrogens with zero attached hydrogens (tertiary/aromatic N) is 1. The van der Waals surface area contributed by atoms with E-state index in [0.29, 0.717) is 24.6 Å². The molecule has 0 spiro atoms. The van der Waals surface area contributed by atoms with E-state index >= 15 is 0 Å². The minimum atomic E-state index is 0.375. The third-order valence-electron chi connectivity index (χ3n) is 4.55. The molecule has 1 saturated heterocycles. The van der Waals surface area contributed by atoms with E-state index in [1.54, 1.807) is 0 Å². The number of nitrogens with two attached hydrogens (primary N) is 1. The van der Waals surface area contributed by atoms with Crippen LogP contribution in [0.1, 0.15) is 51.6 Å². The molecule has 0 radical (unpaired) electrons. The van der Waals surface area contributed by atoms with Crippen LogP contribution in [0.4, 0.5) is 0 Å². The van der Waals surface area contributed by atoms with Gasteiger partial charge in [0.05, 0.1) is 6.61 Å². The lowest BCUT2D eigenvalue weighted by atomic mass is 9.88. The van der Waals surface area contributed by atoms with Gasteiger partial charge in [-0.15, -0.1) is 0 Å². The molecule has 1 aromatic rings. The van der Waals surface area contributed by atoms with Crippen molar-refractivity contribution in [2.75, 3.05) is 19.7 Å². The van der Waals surface area contributed by atoms with Crippen LogP contribution in [0.15, 0.2) is 24.3 Å². The summed E-state index contributed by atoms with van der Waals surface area (Å²) in [6, 6.07) is 9.39. The minimum Gasteiger partial charge on any atom is -0.494 e. The fraction of sp³-hybridized carbons (Fsp3) is 0.667. The molecule has 1 aliphatic heterocycles. The summed E-state index contributed by atoms with van der Waals surface area (Å²) in [6.45, 7) is 9.22. The maximum absolute atomic E-state index is 6.12. The average Bonchev–Trinajstić information content (AvgIpc) is 2.70. The maximum Gasteiger partial charge on any atom is 0.124 e. The molecule has 2 rings (SSSR count). The fourth-order valence-electron chi connectivity index (χ4n) is 3.54. The summed E-state index contributed by atoms with van der Waals surface area (Å²) < 4.78 is 5.88. The van der Waals surface area contributed by atoms with E-state index in [0.717, 1.165) is 18.8 Å². The lowest BCUT2D eigenvalue weighted by Gasteiger charge is -2.38. The zero-order valence-electron chi connectivity index (χ0n) is 13.7.